The van der Waals surface area contributed by atoms with Gasteiger partial charge in [0.2, 0.25) is 0 Å². The molecule has 0 nitrogen and oxygen atoms in total. The molecule has 2 heteroatoms. The third-order valence-corrected chi connectivity index (χ3v) is 9.35. The topological polar surface area (TPSA) is 0 Å². The van der Waals surface area contributed by atoms with Gasteiger partial charge in [0.05, 0.1) is 0 Å². The molecule has 0 aliphatic heterocycles. The maximum absolute atomic E-state index is 2.48. The molecule has 0 saturated carbocycles. The van der Waals surface area contributed by atoms with Gasteiger partial charge in [-0.3, -0.25) is 0 Å². The van der Waals surface area contributed by atoms with Crippen molar-refractivity contribution in [1.82, 2.24) is 0 Å². The van der Waals surface area contributed by atoms with Crippen molar-refractivity contribution in [2.45, 2.75) is 19.5 Å². The maximum atomic E-state index is 2.48. The van der Waals surface area contributed by atoms with E-state index in [2.05, 4.69) is 43.7 Å². The fraction of sp³-hybridized carbons (Fsp3) is 0.400. The normalized spacial score (nSPS) is 11.2. The van der Waals surface area contributed by atoms with Crippen LogP contribution in [0.25, 0.3) is 0 Å². The van der Waals surface area contributed by atoms with Gasteiger partial charge >= 0.3 is 91.2 Å². The van der Waals surface area contributed by atoms with Crippen molar-refractivity contribution >= 4 is 47.4 Å². The molecule has 0 saturated heterocycles. The van der Waals surface area contributed by atoms with Crippen LogP contribution in [0, 0.1) is 0 Å². The molecular weight excluding hydrogens is 364 g/mol. The standard InChI is InChI=1S/C6H4.4CH3.2Sb/c1-2-4-6-5-3-1;;;;;;/h1-3,6H;4*1H3;;. The van der Waals surface area contributed by atoms with Gasteiger partial charge < -0.3 is 0 Å². The van der Waals surface area contributed by atoms with Crippen molar-refractivity contribution in [1.29, 1.82) is 0 Å². The molecule has 0 bridgehead atoms. The molecule has 12 heavy (non-hydrogen) atoms. The van der Waals surface area contributed by atoms with Gasteiger partial charge in [0.1, 0.15) is 0 Å². The van der Waals surface area contributed by atoms with Crippen LogP contribution in [0.5, 0.6) is 0 Å². The number of rotatable bonds is 2. The van der Waals surface area contributed by atoms with Gasteiger partial charge in [-0.2, -0.15) is 0 Å². The number of benzene rings is 1. The first-order valence-corrected chi connectivity index (χ1v) is 16.8. The van der Waals surface area contributed by atoms with Crippen LogP contribution in [0.15, 0.2) is 24.3 Å². The summed E-state index contributed by atoms with van der Waals surface area (Å²) in [4.78, 5) is 9.76. The summed E-state index contributed by atoms with van der Waals surface area (Å²) >= 11 is -1.93. The Kier molecular flexibility index (Phi) is 4.48. The molecular formula is C10H16Sb2. The van der Waals surface area contributed by atoms with E-state index >= 15 is 0 Å². The molecule has 0 unspecified atom stereocenters. The Balaban J connectivity index is 2.96. The summed E-state index contributed by atoms with van der Waals surface area (Å²) in [5, 5.41) is 0. The second-order valence-electron chi connectivity index (χ2n) is 3.31. The predicted octanol–water partition coefficient (Wildman–Crippen LogP) is 1.61. The zero-order valence-electron chi connectivity index (χ0n) is 8.20. The molecule has 1 aromatic rings. The molecule has 66 valence electrons. The van der Waals surface area contributed by atoms with Gasteiger partial charge in [0.15, 0.2) is 0 Å². The van der Waals surface area contributed by atoms with E-state index in [-0.39, 0.29) is 0 Å². The Morgan fingerprint density at radius 1 is 0.833 bits per heavy atom. The molecule has 0 aliphatic carbocycles. The quantitative estimate of drug-likeness (QED) is 0.685. The monoisotopic (exact) mass is 378 g/mol. The molecule has 0 fully saturated rings. The molecule has 0 aliphatic rings. The van der Waals surface area contributed by atoms with Crippen molar-refractivity contribution in [3.8, 4) is 0 Å². The van der Waals surface area contributed by atoms with Crippen LogP contribution in [0.3, 0.4) is 0 Å². The predicted molar refractivity (Wildman–Crippen MR) is 60.7 cm³/mol. The van der Waals surface area contributed by atoms with Crippen LogP contribution in [-0.4, -0.2) is 40.4 Å². The Hall–Kier alpha value is 0.856. The van der Waals surface area contributed by atoms with Gasteiger partial charge in [0.25, 0.3) is 0 Å². The summed E-state index contributed by atoms with van der Waals surface area (Å²) in [6.07, 6.45) is 0. The number of hydrogen-bond acceptors (Lipinski definition) is 0. The Morgan fingerprint density at radius 3 is 1.58 bits per heavy atom. The van der Waals surface area contributed by atoms with Crippen LogP contribution in [0.1, 0.15) is 0 Å². The van der Waals surface area contributed by atoms with E-state index in [4.69, 9.17) is 0 Å². The van der Waals surface area contributed by atoms with Crippen molar-refractivity contribution in [3.05, 3.63) is 24.3 Å². The fourth-order valence-electron chi connectivity index (χ4n) is 1.05. The van der Waals surface area contributed by atoms with E-state index in [1.807, 2.05) is 0 Å². The molecule has 1 aromatic carbocycles. The first kappa shape index (κ1) is 10.9. The minimum atomic E-state index is -0.966. The van der Waals surface area contributed by atoms with Gasteiger partial charge in [-0.1, -0.05) is 0 Å². The Bertz CT molecular complexity index is 231. The van der Waals surface area contributed by atoms with E-state index in [0.29, 0.717) is 0 Å². The van der Waals surface area contributed by atoms with Crippen LogP contribution < -0.4 is 7.02 Å². The zero-order chi connectivity index (χ0) is 9.14. The van der Waals surface area contributed by atoms with Crippen LogP contribution in [0.2, 0.25) is 19.5 Å². The summed E-state index contributed by atoms with van der Waals surface area (Å²) in [6, 6.07) is 9.36. The van der Waals surface area contributed by atoms with Crippen molar-refractivity contribution in [2.75, 3.05) is 0 Å². The molecule has 0 heterocycles. The van der Waals surface area contributed by atoms with E-state index in [1.165, 1.54) is 0 Å². The van der Waals surface area contributed by atoms with Crippen LogP contribution >= 0.6 is 0 Å². The average Bonchev–Trinajstić information content (AvgIpc) is 2.04. The van der Waals surface area contributed by atoms with E-state index < -0.39 is 40.4 Å². The van der Waals surface area contributed by atoms with Crippen LogP contribution in [-0.2, 0) is 0 Å². The van der Waals surface area contributed by atoms with E-state index in [1.54, 1.807) is 7.02 Å². The SMILES string of the molecule is [CH3][Sb]([CH3])[c]1ccc[c]([Sb]([CH3])[CH3])c1. The summed E-state index contributed by atoms with van der Waals surface area (Å²) in [7, 11) is 0. The summed E-state index contributed by atoms with van der Waals surface area (Å²) < 4.78 is 3.35. The first-order valence-electron chi connectivity index (χ1n) is 4.06. The summed E-state index contributed by atoms with van der Waals surface area (Å²) in [6.45, 7) is 0. The van der Waals surface area contributed by atoms with Gasteiger partial charge in [-0.25, -0.2) is 0 Å². The average molecular weight is 380 g/mol. The second-order valence-corrected chi connectivity index (χ2v) is 16.5. The fourth-order valence-corrected chi connectivity index (χ4v) is 6.41. The zero-order valence-corrected chi connectivity index (χ0v) is 13.3. The van der Waals surface area contributed by atoms with E-state index in [0.717, 1.165) is 0 Å². The van der Waals surface area contributed by atoms with Gasteiger partial charge in [0, 0.05) is 0 Å². The Morgan fingerprint density at radius 2 is 1.25 bits per heavy atom. The first-order chi connectivity index (χ1) is 5.61. The third-order valence-electron chi connectivity index (χ3n) is 1.86. The van der Waals surface area contributed by atoms with Gasteiger partial charge in [-0.15, -0.1) is 0 Å². The van der Waals surface area contributed by atoms with Gasteiger partial charge in [-0.05, 0) is 0 Å². The third kappa shape index (κ3) is 2.97. The second kappa shape index (κ2) is 4.92. The number of hydrogen-bond donors (Lipinski definition) is 0. The molecule has 0 N–H and O–H groups in total. The van der Waals surface area contributed by atoms with Crippen molar-refractivity contribution < 1.29 is 0 Å². The van der Waals surface area contributed by atoms with Crippen LogP contribution in [0.4, 0.5) is 0 Å². The molecule has 0 radical (unpaired) electrons. The minimum absolute atomic E-state index is 0.966. The molecule has 0 amide bonds. The van der Waals surface area contributed by atoms with E-state index in [9.17, 15) is 0 Å². The summed E-state index contributed by atoms with van der Waals surface area (Å²) in [5.74, 6) is 0. The Labute approximate surface area is 90.3 Å². The molecule has 1 rings (SSSR count). The molecule has 0 spiro atoms. The van der Waals surface area contributed by atoms with Crippen molar-refractivity contribution in [3.63, 3.8) is 0 Å². The van der Waals surface area contributed by atoms with Crippen molar-refractivity contribution in [2.24, 2.45) is 0 Å². The summed E-state index contributed by atoms with van der Waals surface area (Å²) in [5.41, 5.74) is 0. The molecule has 0 aromatic heterocycles. The molecule has 0 atom stereocenters.